The highest BCUT2D eigenvalue weighted by atomic mass is 16.5. The van der Waals surface area contributed by atoms with Crippen molar-refractivity contribution in [2.75, 3.05) is 13.7 Å². The Balaban J connectivity index is 2.85. The van der Waals surface area contributed by atoms with Gasteiger partial charge in [-0.2, -0.15) is 0 Å². The van der Waals surface area contributed by atoms with Crippen LogP contribution < -0.4 is 4.74 Å². The first-order valence-corrected chi connectivity index (χ1v) is 5.49. The van der Waals surface area contributed by atoms with Crippen molar-refractivity contribution in [1.29, 1.82) is 0 Å². The van der Waals surface area contributed by atoms with E-state index in [1.165, 1.54) is 7.11 Å². The predicted molar refractivity (Wildman–Crippen MR) is 66.5 cm³/mol. The van der Waals surface area contributed by atoms with Gasteiger partial charge in [-0.15, -0.1) is 0 Å². The largest absolute Gasteiger partial charge is 0.495 e. The van der Waals surface area contributed by atoms with Crippen LogP contribution in [0, 0.1) is 11.8 Å². The van der Waals surface area contributed by atoms with E-state index in [2.05, 4.69) is 11.8 Å². The van der Waals surface area contributed by atoms with E-state index in [0.29, 0.717) is 23.5 Å². The SMILES string of the molecule is CCOC(=O)CC#Cc1cc(C=O)ccc1OC. The molecule has 0 amide bonds. The number of benzene rings is 1. The summed E-state index contributed by atoms with van der Waals surface area (Å²) in [5.41, 5.74) is 1.09. The van der Waals surface area contributed by atoms with Crippen LogP contribution in [0.2, 0.25) is 0 Å². The number of rotatable bonds is 4. The molecule has 94 valence electrons. The molecule has 4 heteroatoms. The van der Waals surface area contributed by atoms with Crippen molar-refractivity contribution in [1.82, 2.24) is 0 Å². The molecule has 0 aromatic heterocycles. The minimum absolute atomic E-state index is 0.0162. The van der Waals surface area contributed by atoms with Crippen LogP contribution in [0.25, 0.3) is 0 Å². The molecule has 0 radical (unpaired) electrons. The maximum Gasteiger partial charge on any atom is 0.317 e. The fraction of sp³-hybridized carbons (Fsp3) is 0.286. The number of carbonyl (C=O) groups is 2. The Bertz CT molecular complexity index is 494. The Morgan fingerprint density at radius 2 is 2.22 bits per heavy atom. The number of hydrogen-bond donors (Lipinski definition) is 0. The molecule has 0 atom stereocenters. The summed E-state index contributed by atoms with van der Waals surface area (Å²) in [6.45, 7) is 2.08. The maximum absolute atomic E-state index is 11.1. The number of methoxy groups -OCH3 is 1. The normalized spacial score (nSPS) is 9.00. The number of carbonyl (C=O) groups excluding carboxylic acids is 2. The summed E-state index contributed by atoms with van der Waals surface area (Å²) in [7, 11) is 1.52. The molecule has 0 aliphatic carbocycles. The van der Waals surface area contributed by atoms with Crippen LogP contribution >= 0.6 is 0 Å². The quantitative estimate of drug-likeness (QED) is 0.462. The highest BCUT2D eigenvalue weighted by Gasteiger charge is 2.02. The van der Waals surface area contributed by atoms with Crippen molar-refractivity contribution < 1.29 is 19.1 Å². The topological polar surface area (TPSA) is 52.6 Å². The Morgan fingerprint density at radius 3 is 2.83 bits per heavy atom. The van der Waals surface area contributed by atoms with Crippen LogP contribution in [0.1, 0.15) is 29.3 Å². The third kappa shape index (κ3) is 3.95. The standard InChI is InChI=1S/C14H14O4/c1-3-18-14(16)6-4-5-12-9-11(10-15)7-8-13(12)17-2/h7-10H,3,6H2,1-2H3. The van der Waals surface area contributed by atoms with Gasteiger partial charge in [0.05, 0.1) is 19.3 Å². The molecular formula is C14H14O4. The molecule has 18 heavy (non-hydrogen) atoms. The number of aldehydes is 1. The molecule has 0 fully saturated rings. The van der Waals surface area contributed by atoms with Crippen LogP contribution in [0.4, 0.5) is 0 Å². The Labute approximate surface area is 106 Å². The van der Waals surface area contributed by atoms with Gasteiger partial charge in [0.1, 0.15) is 18.5 Å². The van der Waals surface area contributed by atoms with Crippen molar-refractivity contribution in [3.05, 3.63) is 29.3 Å². The Kier molecular flexibility index (Phi) is 5.46. The van der Waals surface area contributed by atoms with Gasteiger partial charge in [0, 0.05) is 5.56 Å². The minimum atomic E-state index is -0.365. The van der Waals surface area contributed by atoms with Crippen molar-refractivity contribution in [2.45, 2.75) is 13.3 Å². The van der Waals surface area contributed by atoms with Gasteiger partial charge in [-0.3, -0.25) is 9.59 Å². The van der Waals surface area contributed by atoms with Gasteiger partial charge in [-0.05, 0) is 25.1 Å². The molecule has 1 aromatic rings. The van der Waals surface area contributed by atoms with Gasteiger partial charge in [0.2, 0.25) is 0 Å². The monoisotopic (exact) mass is 246 g/mol. The average molecular weight is 246 g/mol. The first-order valence-electron chi connectivity index (χ1n) is 5.49. The fourth-order valence-corrected chi connectivity index (χ4v) is 1.32. The zero-order valence-corrected chi connectivity index (χ0v) is 10.4. The molecular weight excluding hydrogens is 232 g/mol. The van der Waals surface area contributed by atoms with Crippen LogP contribution in [0.3, 0.4) is 0 Å². The summed E-state index contributed by atoms with van der Waals surface area (Å²) in [6.07, 6.45) is 0.748. The molecule has 0 saturated carbocycles. The molecule has 1 rings (SSSR count). The van der Waals surface area contributed by atoms with E-state index >= 15 is 0 Å². The van der Waals surface area contributed by atoms with E-state index in [-0.39, 0.29) is 12.4 Å². The van der Waals surface area contributed by atoms with Crippen LogP contribution in [0.5, 0.6) is 5.75 Å². The first-order chi connectivity index (χ1) is 8.71. The molecule has 0 heterocycles. The second kappa shape index (κ2) is 7.13. The van der Waals surface area contributed by atoms with E-state index in [9.17, 15) is 9.59 Å². The zero-order valence-electron chi connectivity index (χ0n) is 10.4. The zero-order chi connectivity index (χ0) is 13.4. The third-order valence-electron chi connectivity index (χ3n) is 2.12. The second-order valence-electron chi connectivity index (χ2n) is 3.36. The lowest BCUT2D eigenvalue weighted by atomic mass is 10.1. The van der Waals surface area contributed by atoms with Crippen LogP contribution in [0.15, 0.2) is 18.2 Å². The van der Waals surface area contributed by atoms with Crippen molar-refractivity contribution in [2.24, 2.45) is 0 Å². The van der Waals surface area contributed by atoms with Gasteiger partial charge < -0.3 is 9.47 Å². The molecule has 0 saturated heterocycles. The summed E-state index contributed by atoms with van der Waals surface area (Å²) in [6, 6.07) is 4.92. The van der Waals surface area contributed by atoms with Gasteiger partial charge in [0.25, 0.3) is 0 Å². The van der Waals surface area contributed by atoms with E-state index < -0.39 is 0 Å². The summed E-state index contributed by atoms with van der Waals surface area (Å²) in [4.78, 5) is 21.8. The van der Waals surface area contributed by atoms with Crippen LogP contribution in [-0.4, -0.2) is 26.0 Å². The minimum Gasteiger partial charge on any atom is -0.495 e. The highest BCUT2D eigenvalue weighted by molar-refractivity contribution is 5.77. The van der Waals surface area contributed by atoms with Crippen molar-refractivity contribution in [3.63, 3.8) is 0 Å². The Morgan fingerprint density at radius 1 is 1.44 bits per heavy atom. The van der Waals surface area contributed by atoms with Gasteiger partial charge in [0.15, 0.2) is 0 Å². The highest BCUT2D eigenvalue weighted by Crippen LogP contribution is 2.17. The third-order valence-corrected chi connectivity index (χ3v) is 2.12. The van der Waals surface area contributed by atoms with Gasteiger partial charge in [-0.1, -0.05) is 11.8 Å². The summed E-state index contributed by atoms with van der Waals surface area (Å²) < 4.78 is 9.87. The Hall–Kier alpha value is -2.28. The molecule has 0 aliphatic rings. The molecule has 1 aromatic carbocycles. The van der Waals surface area contributed by atoms with Gasteiger partial charge >= 0.3 is 5.97 Å². The molecule has 0 N–H and O–H groups in total. The van der Waals surface area contributed by atoms with E-state index in [4.69, 9.17) is 9.47 Å². The molecule has 0 bridgehead atoms. The lowest BCUT2D eigenvalue weighted by molar-refractivity contribution is -0.141. The summed E-state index contributed by atoms with van der Waals surface area (Å²) in [5, 5.41) is 0. The van der Waals surface area contributed by atoms with Crippen molar-refractivity contribution >= 4 is 12.3 Å². The molecule has 0 unspecified atom stereocenters. The maximum atomic E-state index is 11.1. The summed E-state index contributed by atoms with van der Waals surface area (Å²) in [5.74, 6) is 5.69. The average Bonchev–Trinajstić information content (AvgIpc) is 2.39. The molecule has 4 nitrogen and oxygen atoms in total. The lowest BCUT2D eigenvalue weighted by Crippen LogP contribution is -2.01. The van der Waals surface area contributed by atoms with Gasteiger partial charge in [-0.25, -0.2) is 0 Å². The fourth-order valence-electron chi connectivity index (χ4n) is 1.32. The first kappa shape index (κ1) is 13.8. The predicted octanol–water partition coefficient (Wildman–Crippen LogP) is 1.81. The van der Waals surface area contributed by atoms with E-state index in [1.807, 2.05) is 0 Å². The van der Waals surface area contributed by atoms with Crippen molar-refractivity contribution in [3.8, 4) is 17.6 Å². The van der Waals surface area contributed by atoms with E-state index in [1.54, 1.807) is 25.1 Å². The second-order valence-corrected chi connectivity index (χ2v) is 3.36. The van der Waals surface area contributed by atoms with Crippen LogP contribution in [-0.2, 0) is 9.53 Å². The molecule has 0 aliphatic heterocycles. The lowest BCUT2D eigenvalue weighted by Gasteiger charge is -2.03. The molecule has 0 spiro atoms. The smallest absolute Gasteiger partial charge is 0.317 e. The number of ether oxygens (including phenoxy) is 2. The number of esters is 1. The summed E-state index contributed by atoms with van der Waals surface area (Å²) >= 11 is 0. The number of hydrogen-bond acceptors (Lipinski definition) is 4. The van der Waals surface area contributed by atoms with E-state index in [0.717, 1.165) is 6.29 Å².